The van der Waals surface area contributed by atoms with Crippen LogP contribution in [-0.2, 0) is 0 Å². The van der Waals surface area contributed by atoms with Crippen molar-refractivity contribution in [3.05, 3.63) is 115 Å². The molecule has 0 aliphatic rings. The standard InChI is InChI=1S/C23H21NO.C4H8.C3H6.C2H6/c1-2-24-23(20-13-7-10-16-8-3-5-11-18(16)20)22-19-12-6-4-9-17(19)14-15-21(22)25;1-4(2)3;1-3-2;1-2/h3-15,23-25H,2H2,1H3;1H2,2-3H3;3H,1H2,2H3;1-2H3/t23-;;;/m0.../s1. The summed E-state index contributed by atoms with van der Waals surface area (Å²) in [5, 5.41) is 18.9. The lowest BCUT2D eigenvalue weighted by Crippen LogP contribution is -2.22. The summed E-state index contributed by atoms with van der Waals surface area (Å²) in [5.41, 5.74) is 3.29. The fourth-order valence-electron chi connectivity index (χ4n) is 3.66. The maximum atomic E-state index is 10.7. The van der Waals surface area contributed by atoms with E-state index in [1.165, 1.54) is 21.9 Å². The number of aromatic hydroxyl groups is 1. The molecule has 180 valence electrons. The SMILES string of the molecule is C=C(C)C.C=CC.CC.CCN[C@@H](c1cccc2ccccc12)c1c(O)ccc2ccccc12. The lowest BCUT2D eigenvalue weighted by atomic mass is 9.90. The number of nitrogens with one attached hydrogen (secondary N) is 1. The predicted molar refractivity (Wildman–Crippen MR) is 153 cm³/mol. The monoisotopic (exact) mass is 455 g/mol. The highest BCUT2D eigenvalue weighted by Gasteiger charge is 2.21. The van der Waals surface area contributed by atoms with E-state index in [4.69, 9.17) is 0 Å². The number of fused-ring (bicyclic) bond motifs is 2. The van der Waals surface area contributed by atoms with Gasteiger partial charge < -0.3 is 10.4 Å². The Hall–Kier alpha value is -3.36. The van der Waals surface area contributed by atoms with Crippen LogP contribution in [-0.4, -0.2) is 11.7 Å². The number of rotatable bonds is 4. The molecule has 0 aliphatic heterocycles. The van der Waals surface area contributed by atoms with Crippen LogP contribution in [0.15, 0.2) is 104 Å². The van der Waals surface area contributed by atoms with E-state index in [0.29, 0.717) is 5.75 Å². The van der Waals surface area contributed by atoms with Crippen LogP contribution in [0.5, 0.6) is 5.75 Å². The summed E-state index contributed by atoms with van der Waals surface area (Å²) in [6.07, 6.45) is 1.75. The minimum atomic E-state index is -0.0674. The Morgan fingerprint density at radius 1 is 0.853 bits per heavy atom. The van der Waals surface area contributed by atoms with Crippen molar-refractivity contribution in [2.45, 2.75) is 47.6 Å². The van der Waals surface area contributed by atoms with Gasteiger partial charge in [-0.15, -0.1) is 13.2 Å². The normalized spacial score (nSPS) is 10.5. The molecule has 4 rings (SSSR count). The lowest BCUT2D eigenvalue weighted by Gasteiger charge is -2.23. The highest BCUT2D eigenvalue weighted by Crippen LogP contribution is 2.38. The quantitative estimate of drug-likeness (QED) is 0.301. The van der Waals surface area contributed by atoms with E-state index >= 15 is 0 Å². The third kappa shape index (κ3) is 7.90. The second kappa shape index (κ2) is 15.5. The van der Waals surface area contributed by atoms with E-state index in [0.717, 1.165) is 22.9 Å². The number of hydrogen-bond donors (Lipinski definition) is 2. The molecule has 0 amide bonds. The highest BCUT2D eigenvalue weighted by molar-refractivity contribution is 5.91. The van der Waals surface area contributed by atoms with Crippen molar-refractivity contribution in [3.63, 3.8) is 0 Å². The van der Waals surface area contributed by atoms with Gasteiger partial charge in [-0.25, -0.2) is 0 Å². The molecule has 1 atom stereocenters. The first-order valence-corrected chi connectivity index (χ1v) is 12.0. The summed E-state index contributed by atoms with van der Waals surface area (Å²) in [6, 6.07) is 26.7. The van der Waals surface area contributed by atoms with Gasteiger partial charge in [0.15, 0.2) is 0 Å². The van der Waals surface area contributed by atoms with Crippen LogP contribution >= 0.6 is 0 Å². The third-order valence-electron chi connectivity index (χ3n) is 4.78. The second-order valence-corrected chi connectivity index (χ2v) is 7.89. The summed E-state index contributed by atoms with van der Waals surface area (Å²) >= 11 is 0. The minimum absolute atomic E-state index is 0.0674. The number of phenols is 1. The molecule has 2 nitrogen and oxygen atoms in total. The molecule has 0 heterocycles. The predicted octanol–water partition coefficient (Wildman–Crippen LogP) is 9.20. The molecular formula is C32H41NO. The van der Waals surface area contributed by atoms with Gasteiger partial charge in [0.05, 0.1) is 6.04 Å². The Bertz CT molecular complexity index is 1170. The van der Waals surface area contributed by atoms with Gasteiger partial charge in [-0.05, 0) is 60.5 Å². The molecule has 0 saturated carbocycles. The van der Waals surface area contributed by atoms with Gasteiger partial charge in [-0.1, -0.05) is 105 Å². The van der Waals surface area contributed by atoms with E-state index in [9.17, 15) is 5.11 Å². The molecule has 0 aliphatic carbocycles. The van der Waals surface area contributed by atoms with Gasteiger partial charge in [0.2, 0.25) is 0 Å². The van der Waals surface area contributed by atoms with Gasteiger partial charge in [0.1, 0.15) is 5.75 Å². The molecular weight excluding hydrogens is 414 g/mol. The molecule has 34 heavy (non-hydrogen) atoms. The summed E-state index contributed by atoms with van der Waals surface area (Å²) < 4.78 is 0. The van der Waals surface area contributed by atoms with Crippen molar-refractivity contribution in [3.8, 4) is 5.75 Å². The van der Waals surface area contributed by atoms with Crippen LogP contribution in [0.3, 0.4) is 0 Å². The van der Waals surface area contributed by atoms with Crippen molar-refractivity contribution < 1.29 is 5.11 Å². The van der Waals surface area contributed by atoms with Crippen LogP contribution in [0.4, 0.5) is 0 Å². The Morgan fingerprint density at radius 2 is 1.32 bits per heavy atom. The van der Waals surface area contributed by atoms with Crippen molar-refractivity contribution in [2.75, 3.05) is 6.54 Å². The number of allylic oxidation sites excluding steroid dienone is 2. The molecule has 0 radical (unpaired) electrons. The van der Waals surface area contributed by atoms with E-state index < -0.39 is 0 Å². The number of benzene rings is 4. The van der Waals surface area contributed by atoms with Crippen LogP contribution in [0.2, 0.25) is 0 Å². The molecule has 0 bridgehead atoms. The zero-order chi connectivity index (χ0) is 25.5. The van der Waals surface area contributed by atoms with Crippen LogP contribution in [0.1, 0.15) is 58.7 Å². The third-order valence-corrected chi connectivity index (χ3v) is 4.78. The fourth-order valence-corrected chi connectivity index (χ4v) is 3.66. The first-order chi connectivity index (χ1) is 16.4. The summed E-state index contributed by atoms with van der Waals surface area (Å²) in [7, 11) is 0. The average molecular weight is 456 g/mol. The van der Waals surface area contributed by atoms with Gasteiger partial charge in [0.25, 0.3) is 0 Å². The van der Waals surface area contributed by atoms with E-state index in [2.05, 4.69) is 80.0 Å². The van der Waals surface area contributed by atoms with Crippen LogP contribution in [0.25, 0.3) is 21.5 Å². The van der Waals surface area contributed by atoms with E-state index in [1.54, 1.807) is 12.1 Å². The molecule has 0 saturated heterocycles. The maximum Gasteiger partial charge on any atom is 0.121 e. The molecule has 0 spiro atoms. The molecule has 0 fully saturated rings. The lowest BCUT2D eigenvalue weighted by molar-refractivity contribution is 0.460. The van der Waals surface area contributed by atoms with E-state index in [1.807, 2.05) is 52.8 Å². The molecule has 4 aromatic carbocycles. The van der Waals surface area contributed by atoms with Crippen molar-refractivity contribution in [1.82, 2.24) is 5.32 Å². The summed E-state index contributed by atoms with van der Waals surface area (Å²) in [6.45, 7) is 19.7. The number of phenolic OH excluding ortho intramolecular Hbond substituents is 1. The van der Waals surface area contributed by atoms with Crippen LogP contribution < -0.4 is 5.32 Å². The molecule has 2 N–H and O–H groups in total. The zero-order valence-corrected chi connectivity index (χ0v) is 21.7. The Morgan fingerprint density at radius 3 is 1.88 bits per heavy atom. The molecule has 0 unspecified atom stereocenters. The second-order valence-electron chi connectivity index (χ2n) is 7.89. The average Bonchev–Trinajstić information content (AvgIpc) is 2.84. The topological polar surface area (TPSA) is 32.3 Å². The smallest absolute Gasteiger partial charge is 0.121 e. The maximum absolute atomic E-state index is 10.7. The molecule has 0 aromatic heterocycles. The largest absolute Gasteiger partial charge is 0.508 e. The molecule has 4 aromatic rings. The van der Waals surface area contributed by atoms with E-state index in [-0.39, 0.29) is 6.04 Å². The van der Waals surface area contributed by atoms with Crippen molar-refractivity contribution in [1.29, 1.82) is 0 Å². The number of hydrogen-bond acceptors (Lipinski definition) is 2. The minimum Gasteiger partial charge on any atom is -0.508 e. The van der Waals surface area contributed by atoms with Crippen molar-refractivity contribution >= 4 is 21.5 Å². The first kappa shape index (κ1) is 28.7. The zero-order valence-electron chi connectivity index (χ0n) is 21.7. The summed E-state index contributed by atoms with van der Waals surface area (Å²) in [4.78, 5) is 0. The molecule has 2 heteroatoms. The van der Waals surface area contributed by atoms with Gasteiger partial charge in [-0.3, -0.25) is 0 Å². The Kier molecular flexibility index (Phi) is 13.0. The summed E-state index contributed by atoms with van der Waals surface area (Å²) in [5.74, 6) is 0.331. The highest BCUT2D eigenvalue weighted by atomic mass is 16.3. The first-order valence-electron chi connectivity index (χ1n) is 12.0. The Labute approximate surface area is 206 Å². The Balaban J connectivity index is 0.000000562. The van der Waals surface area contributed by atoms with Crippen molar-refractivity contribution in [2.24, 2.45) is 0 Å². The van der Waals surface area contributed by atoms with Crippen LogP contribution in [0, 0.1) is 0 Å². The fraction of sp³-hybridized carbons (Fsp3) is 0.250. The van der Waals surface area contributed by atoms with Gasteiger partial charge in [0, 0.05) is 5.56 Å². The van der Waals surface area contributed by atoms with Gasteiger partial charge in [-0.2, -0.15) is 0 Å². The van der Waals surface area contributed by atoms with Gasteiger partial charge >= 0.3 is 0 Å².